The first kappa shape index (κ1) is 10.6. The molecule has 0 spiro atoms. The van der Waals surface area contributed by atoms with E-state index in [0.717, 1.165) is 24.6 Å². The molecule has 1 aliphatic carbocycles. The fourth-order valence-corrected chi connectivity index (χ4v) is 1.92. The summed E-state index contributed by atoms with van der Waals surface area (Å²) in [5, 5.41) is 11.4. The molecule has 1 aromatic heterocycles. The summed E-state index contributed by atoms with van der Waals surface area (Å²) in [5.74, 6) is 1.99. The molecular weight excluding hydrogens is 190 g/mol. The molecule has 0 bridgehead atoms. The third-order valence-electron chi connectivity index (χ3n) is 3.32. The van der Waals surface area contributed by atoms with Crippen LogP contribution in [0.5, 0.6) is 0 Å². The van der Waals surface area contributed by atoms with Gasteiger partial charge in [-0.2, -0.15) is 0 Å². The summed E-state index contributed by atoms with van der Waals surface area (Å²) in [7, 11) is 1.92. The minimum atomic E-state index is 0.188. The second kappa shape index (κ2) is 3.59. The van der Waals surface area contributed by atoms with Gasteiger partial charge in [0.1, 0.15) is 0 Å². The van der Waals surface area contributed by atoms with Crippen LogP contribution >= 0.6 is 0 Å². The molecule has 4 heteroatoms. The smallest absolute Gasteiger partial charge is 0.233 e. The molecule has 2 rings (SSSR count). The third-order valence-corrected chi connectivity index (χ3v) is 3.32. The topological polar surface area (TPSA) is 51.0 Å². The van der Waals surface area contributed by atoms with Crippen LogP contribution in [0, 0.1) is 5.41 Å². The lowest BCUT2D eigenvalue weighted by Crippen LogP contribution is -2.15. The molecule has 0 aromatic carbocycles. The van der Waals surface area contributed by atoms with Gasteiger partial charge in [-0.25, -0.2) is 0 Å². The number of nitrogens with zero attached hydrogens (tertiary/aromatic N) is 2. The van der Waals surface area contributed by atoms with Crippen molar-refractivity contribution in [2.45, 2.75) is 45.6 Å². The fraction of sp³-hybridized carbons (Fsp3) is 0.818. The molecule has 2 atom stereocenters. The highest BCUT2D eigenvalue weighted by Crippen LogP contribution is 2.58. The van der Waals surface area contributed by atoms with Crippen molar-refractivity contribution in [1.82, 2.24) is 15.5 Å². The van der Waals surface area contributed by atoms with E-state index in [1.54, 1.807) is 0 Å². The first-order chi connectivity index (χ1) is 7.08. The van der Waals surface area contributed by atoms with Crippen LogP contribution in [-0.4, -0.2) is 17.2 Å². The summed E-state index contributed by atoms with van der Waals surface area (Å²) >= 11 is 0. The van der Waals surface area contributed by atoms with E-state index < -0.39 is 0 Å². The summed E-state index contributed by atoms with van der Waals surface area (Å²) in [6, 6.07) is 0.188. The van der Waals surface area contributed by atoms with Crippen molar-refractivity contribution in [2.24, 2.45) is 5.41 Å². The molecule has 84 valence electrons. The number of hydrogen-bond donors (Lipinski definition) is 1. The Labute approximate surface area is 90.5 Å². The maximum absolute atomic E-state index is 5.70. The highest BCUT2D eigenvalue weighted by atomic mass is 16.4. The first-order valence-electron chi connectivity index (χ1n) is 5.59. The van der Waals surface area contributed by atoms with Crippen molar-refractivity contribution in [3.05, 3.63) is 11.8 Å². The molecule has 1 aliphatic rings. The van der Waals surface area contributed by atoms with Gasteiger partial charge in [-0.15, -0.1) is 10.2 Å². The zero-order chi connectivity index (χ0) is 11.1. The molecule has 0 saturated heterocycles. The van der Waals surface area contributed by atoms with Gasteiger partial charge in [-0.05, 0) is 25.3 Å². The van der Waals surface area contributed by atoms with Gasteiger partial charge >= 0.3 is 0 Å². The normalized spacial score (nSPS) is 25.2. The lowest BCUT2D eigenvalue weighted by Gasteiger charge is -2.07. The Kier molecular flexibility index (Phi) is 2.54. The molecule has 1 N–H and O–H groups in total. The van der Waals surface area contributed by atoms with Gasteiger partial charge in [0.05, 0.1) is 6.04 Å². The van der Waals surface area contributed by atoms with Crippen molar-refractivity contribution in [1.29, 1.82) is 0 Å². The van der Waals surface area contributed by atoms with Crippen LogP contribution in [0.15, 0.2) is 4.42 Å². The van der Waals surface area contributed by atoms with E-state index >= 15 is 0 Å². The van der Waals surface area contributed by atoms with E-state index in [4.69, 9.17) is 4.42 Å². The van der Waals surface area contributed by atoms with Crippen molar-refractivity contribution >= 4 is 0 Å². The molecule has 1 heterocycles. The van der Waals surface area contributed by atoms with Crippen LogP contribution in [-0.2, 0) is 0 Å². The Bertz CT molecular complexity index is 325. The predicted octanol–water partition coefficient (Wildman–Crippen LogP) is 2.25. The predicted molar refractivity (Wildman–Crippen MR) is 57.5 cm³/mol. The van der Waals surface area contributed by atoms with Gasteiger partial charge in [-0.1, -0.05) is 20.8 Å². The second-order valence-electron chi connectivity index (χ2n) is 4.97. The summed E-state index contributed by atoms with van der Waals surface area (Å²) < 4.78 is 5.70. The van der Waals surface area contributed by atoms with Gasteiger partial charge in [-0.3, -0.25) is 0 Å². The van der Waals surface area contributed by atoms with Crippen LogP contribution in [0.4, 0.5) is 0 Å². The van der Waals surface area contributed by atoms with Gasteiger partial charge < -0.3 is 9.73 Å². The summed E-state index contributed by atoms with van der Waals surface area (Å²) in [6.07, 6.45) is 2.12. The highest BCUT2D eigenvalue weighted by Gasteiger charge is 2.50. The number of aromatic nitrogens is 2. The maximum Gasteiger partial charge on any atom is 0.233 e. The van der Waals surface area contributed by atoms with Crippen LogP contribution in [0.2, 0.25) is 0 Å². The fourth-order valence-electron chi connectivity index (χ4n) is 1.92. The van der Waals surface area contributed by atoms with Gasteiger partial charge in [0.2, 0.25) is 11.8 Å². The maximum atomic E-state index is 5.70. The molecule has 1 aromatic rings. The zero-order valence-electron chi connectivity index (χ0n) is 9.87. The van der Waals surface area contributed by atoms with Crippen molar-refractivity contribution in [2.75, 3.05) is 7.05 Å². The Hall–Kier alpha value is -0.900. The lowest BCUT2D eigenvalue weighted by atomic mass is 10.1. The minimum Gasteiger partial charge on any atom is -0.423 e. The molecule has 1 saturated carbocycles. The first-order valence-corrected chi connectivity index (χ1v) is 5.59. The highest BCUT2D eigenvalue weighted by molar-refractivity contribution is 5.12. The largest absolute Gasteiger partial charge is 0.423 e. The summed E-state index contributed by atoms with van der Waals surface area (Å²) in [5.41, 5.74) is 0.352. The van der Waals surface area contributed by atoms with Gasteiger partial charge in [0.15, 0.2) is 0 Å². The number of hydrogen-bond acceptors (Lipinski definition) is 4. The molecule has 15 heavy (non-hydrogen) atoms. The Balaban J connectivity index is 2.11. The molecule has 0 radical (unpaired) electrons. The molecule has 4 nitrogen and oxygen atoms in total. The SMILES string of the molecule is CCC(NC)c1nnc(C2CC2(C)C)o1. The van der Waals surface area contributed by atoms with Crippen LogP contribution in [0.25, 0.3) is 0 Å². The number of rotatable bonds is 4. The van der Waals surface area contributed by atoms with Crippen molar-refractivity contribution in [3.63, 3.8) is 0 Å². The molecular formula is C11H19N3O. The van der Waals surface area contributed by atoms with Gasteiger partial charge in [0.25, 0.3) is 0 Å². The van der Waals surface area contributed by atoms with E-state index in [-0.39, 0.29) is 6.04 Å². The van der Waals surface area contributed by atoms with E-state index in [9.17, 15) is 0 Å². The molecule has 0 amide bonds. The number of nitrogens with one attached hydrogen (secondary N) is 1. The van der Waals surface area contributed by atoms with E-state index in [1.807, 2.05) is 7.05 Å². The van der Waals surface area contributed by atoms with Gasteiger partial charge in [0, 0.05) is 5.92 Å². The second-order valence-corrected chi connectivity index (χ2v) is 4.97. The van der Waals surface area contributed by atoms with Crippen molar-refractivity contribution in [3.8, 4) is 0 Å². The van der Waals surface area contributed by atoms with Crippen molar-refractivity contribution < 1.29 is 4.42 Å². The zero-order valence-corrected chi connectivity index (χ0v) is 9.87. The monoisotopic (exact) mass is 209 g/mol. The Morgan fingerprint density at radius 1 is 1.53 bits per heavy atom. The average Bonchev–Trinajstić information content (AvgIpc) is 2.65. The molecule has 2 unspecified atom stereocenters. The van der Waals surface area contributed by atoms with E-state index in [2.05, 4.69) is 36.3 Å². The molecule has 0 aliphatic heterocycles. The van der Waals surface area contributed by atoms with E-state index in [1.165, 1.54) is 0 Å². The minimum absolute atomic E-state index is 0.188. The lowest BCUT2D eigenvalue weighted by molar-refractivity contribution is 0.379. The van der Waals surface area contributed by atoms with Crippen LogP contribution in [0.3, 0.4) is 0 Å². The summed E-state index contributed by atoms with van der Waals surface area (Å²) in [4.78, 5) is 0. The van der Waals surface area contributed by atoms with Crippen LogP contribution in [0.1, 0.15) is 57.4 Å². The third kappa shape index (κ3) is 1.91. The quantitative estimate of drug-likeness (QED) is 0.826. The Morgan fingerprint density at radius 3 is 2.67 bits per heavy atom. The van der Waals surface area contributed by atoms with E-state index in [0.29, 0.717) is 11.3 Å². The Morgan fingerprint density at radius 2 is 2.20 bits per heavy atom. The molecule has 1 fully saturated rings. The van der Waals surface area contributed by atoms with Crippen LogP contribution < -0.4 is 5.32 Å². The standard InChI is InChI=1S/C11H19N3O/c1-5-8(12-4)10-14-13-9(15-10)7-6-11(7,2)3/h7-8,12H,5-6H2,1-4H3. The average molecular weight is 209 g/mol. The summed E-state index contributed by atoms with van der Waals surface area (Å²) in [6.45, 7) is 6.57.